The lowest BCUT2D eigenvalue weighted by Gasteiger charge is -2.09. The molecule has 0 radical (unpaired) electrons. The van der Waals surface area contributed by atoms with Gasteiger partial charge in [0.2, 0.25) is 0 Å². The Labute approximate surface area is 168 Å². The summed E-state index contributed by atoms with van der Waals surface area (Å²) in [6, 6.07) is 9.49. The van der Waals surface area contributed by atoms with Gasteiger partial charge < -0.3 is 15.5 Å². The van der Waals surface area contributed by atoms with E-state index in [2.05, 4.69) is 4.98 Å². The molecule has 0 spiro atoms. The molecule has 1 atom stereocenters. The van der Waals surface area contributed by atoms with Crippen molar-refractivity contribution >= 4 is 26.7 Å². The fourth-order valence-electron chi connectivity index (χ4n) is 3.38. The summed E-state index contributed by atoms with van der Waals surface area (Å²) in [6.45, 7) is 3.72. The molecule has 154 valence electrons. The molecule has 8 heteroatoms. The highest BCUT2D eigenvalue weighted by atomic mass is 32.2. The number of carbonyl (C=O) groups excluding carboxylic acids is 1. The summed E-state index contributed by atoms with van der Waals surface area (Å²) in [6.07, 6.45) is 1.05. The Morgan fingerprint density at radius 2 is 2.00 bits per heavy atom. The van der Waals surface area contributed by atoms with Crippen molar-refractivity contribution in [2.24, 2.45) is 5.73 Å². The van der Waals surface area contributed by atoms with Crippen LogP contribution >= 0.6 is 0 Å². The van der Waals surface area contributed by atoms with Crippen LogP contribution in [0.15, 0.2) is 36.4 Å². The molecule has 0 bridgehead atoms. The molecule has 0 fully saturated rings. The van der Waals surface area contributed by atoms with Gasteiger partial charge in [-0.2, -0.15) is 0 Å². The third-order valence-corrected chi connectivity index (χ3v) is 5.43. The number of hydrogen-bond acceptors (Lipinski definition) is 5. The maximum atomic E-state index is 14.6. The lowest BCUT2D eigenvalue weighted by molar-refractivity contribution is 0.0521. The van der Waals surface area contributed by atoms with E-state index in [1.165, 1.54) is 12.1 Å². The topological polar surface area (TPSA) is 102 Å². The molecule has 29 heavy (non-hydrogen) atoms. The van der Waals surface area contributed by atoms with Crippen LogP contribution < -0.4 is 5.73 Å². The number of nitrogens with two attached hydrogens (primary N) is 1. The van der Waals surface area contributed by atoms with Crippen LogP contribution in [0.5, 0.6) is 0 Å². The van der Waals surface area contributed by atoms with Gasteiger partial charge in [0.05, 0.1) is 17.9 Å². The van der Waals surface area contributed by atoms with E-state index in [4.69, 9.17) is 10.5 Å². The van der Waals surface area contributed by atoms with E-state index in [1.807, 2.05) is 25.1 Å². The van der Waals surface area contributed by atoms with E-state index in [1.54, 1.807) is 13.0 Å². The minimum atomic E-state index is -3.38. The van der Waals surface area contributed by atoms with Crippen LogP contribution in [0.4, 0.5) is 4.39 Å². The smallest absolute Gasteiger partial charge is 0.355 e. The monoisotopic (exact) mass is 418 g/mol. The first kappa shape index (κ1) is 21.0. The van der Waals surface area contributed by atoms with Crippen LogP contribution in [0, 0.1) is 5.82 Å². The second-order valence-electron chi connectivity index (χ2n) is 7.03. The van der Waals surface area contributed by atoms with E-state index in [0.717, 1.165) is 11.8 Å². The highest BCUT2D eigenvalue weighted by Crippen LogP contribution is 2.36. The number of fused-ring (bicyclic) bond motifs is 1. The van der Waals surface area contributed by atoms with Crippen molar-refractivity contribution in [3.05, 3.63) is 59.0 Å². The van der Waals surface area contributed by atoms with Gasteiger partial charge in [-0.3, -0.25) is 0 Å². The summed E-state index contributed by atoms with van der Waals surface area (Å²) in [5.74, 6) is -1.61. The molecule has 0 saturated carbocycles. The van der Waals surface area contributed by atoms with Crippen LogP contribution in [0.2, 0.25) is 0 Å². The van der Waals surface area contributed by atoms with Crippen molar-refractivity contribution in [3.8, 4) is 11.1 Å². The van der Waals surface area contributed by atoms with Crippen molar-refractivity contribution in [3.63, 3.8) is 0 Å². The van der Waals surface area contributed by atoms with Gasteiger partial charge in [-0.15, -0.1) is 0 Å². The molecule has 0 unspecified atom stereocenters. The van der Waals surface area contributed by atoms with Crippen LogP contribution in [0.1, 0.15) is 41.5 Å². The van der Waals surface area contributed by atoms with Gasteiger partial charge in [0, 0.05) is 28.8 Å². The lowest BCUT2D eigenvalue weighted by Crippen LogP contribution is -2.07. The molecule has 6 nitrogen and oxygen atoms in total. The molecule has 2 aromatic carbocycles. The third kappa shape index (κ3) is 4.33. The minimum Gasteiger partial charge on any atom is -0.461 e. The van der Waals surface area contributed by atoms with Gasteiger partial charge >= 0.3 is 5.97 Å². The Morgan fingerprint density at radius 3 is 2.59 bits per heavy atom. The second kappa shape index (κ2) is 7.96. The number of halogens is 1. The number of benzene rings is 2. The highest BCUT2D eigenvalue weighted by molar-refractivity contribution is 7.89. The maximum Gasteiger partial charge on any atom is 0.355 e. The van der Waals surface area contributed by atoms with Crippen molar-refractivity contribution in [2.45, 2.75) is 25.6 Å². The first-order chi connectivity index (χ1) is 13.6. The third-order valence-electron chi connectivity index (χ3n) is 4.60. The second-order valence-corrected chi connectivity index (χ2v) is 9.17. The van der Waals surface area contributed by atoms with Gasteiger partial charge in [0.25, 0.3) is 0 Å². The molecule has 3 N–H and O–H groups in total. The first-order valence-electron chi connectivity index (χ1n) is 9.16. The predicted octanol–water partition coefficient (Wildman–Crippen LogP) is 3.72. The quantitative estimate of drug-likeness (QED) is 0.594. The Bertz CT molecular complexity index is 1180. The largest absolute Gasteiger partial charge is 0.461 e. The number of para-hydroxylation sites is 1. The van der Waals surface area contributed by atoms with Crippen LogP contribution in [-0.2, 0) is 20.3 Å². The number of H-pyrrole nitrogens is 1. The van der Waals surface area contributed by atoms with E-state index >= 15 is 0 Å². The molecule has 3 aromatic rings. The molecular weight excluding hydrogens is 395 g/mol. The van der Waals surface area contributed by atoms with E-state index < -0.39 is 27.4 Å². The fraction of sp³-hybridized carbons (Fsp3) is 0.286. The van der Waals surface area contributed by atoms with Crippen molar-refractivity contribution in [2.75, 3.05) is 12.9 Å². The van der Waals surface area contributed by atoms with Gasteiger partial charge in [-0.25, -0.2) is 17.6 Å². The lowest BCUT2D eigenvalue weighted by atomic mass is 9.98. The summed E-state index contributed by atoms with van der Waals surface area (Å²) in [5.41, 5.74) is 8.76. The van der Waals surface area contributed by atoms with Gasteiger partial charge in [-0.05, 0) is 31.0 Å². The zero-order valence-electron chi connectivity index (χ0n) is 16.5. The number of ether oxygens (including phenoxy) is 1. The number of nitrogens with one attached hydrogen (secondary N) is 1. The number of carbonyl (C=O) groups is 1. The van der Waals surface area contributed by atoms with Crippen LogP contribution in [0.25, 0.3) is 22.0 Å². The number of aromatic nitrogens is 1. The Hall–Kier alpha value is -2.71. The molecule has 0 aliphatic carbocycles. The average molecular weight is 418 g/mol. The molecule has 1 aromatic heterocycles. The fourth-order valence-corrected chi connectivity index (χ4v) is 4.18. The number of hydrogen-bond donors (Lipinski definition) is 2. The SMILES string of the molecule is CCOC(=O)c1[nH]c2c([C@H](C)N)cccc2c1-c1ccc(CS(C)(=O)=O)c(F)c1. The van der Waals surface area contributed by atoms with Crippen LogP contribution in [0.3, 0.4) is 0 Å². The maximum absolute atomic E-state index is 14.6. The molecular formula is C21H23FN2O4S. The zero-order chi connectivity index (χ0) is 21.3. The summed E-state index contributed by atoms with van der Waals surface area (Å²) >= 11 is 0. The molecule has 3 rings (SSSR count). The Kier molecular flexibility index (Phi) is 5.77. The predicted molar refractivity (Wildman–Crippen MR) is 111 cm³/mol. The standard InChI is InChI=1S/C21H23FN2O4S/c1-4-28-21(25)20-18(16-7-5-6-15(12(2)23)19(16)24-20)13-8-9-14(17(22)10-13)11-29(3,26)27/h5-10,12,24H,4,11,23H2,1-3H3/t12-/m0/s1. The number of rotatable bonds is 6. The zero-order valence-corrected chi connectivity index (χ0v) is 17.3. The van der Waals surface area contributed by atoms with E-state index in [9.17, 15) is 17.6 Å². The number of aromatic amines is 1. The molecule has 0 aliphatic heterocycles. The highest BCUT2D eigenvalue weighted by Gasteiger charge is 2.23. The van der Waals surface area contributed by atoms with Crippen molar-refractivity contribution in [1.82, 2.24) is 4.98 Å². The normalized spacial score (nSPS) is 12.9. The molecule has 0 aliphatic rings. The Morgan fingerprint density at radius 1 is 1.28 bits per heavy atom. The molecule has 1 heterocycles. The number of esters is 1. The van der Waals surface area contributed by atoms with Crippen LogP contribution in [-0.4, -0.2) is 32.2 Å². The van der Waals surface area contributed by atoms with Crippen molar-refractivity contribution < 1.29 is 22.3 Å². The summed E-state index contributed by atoms with van der Waals surface area (Å²) in [5, 5.41) is 0.707. The molecule has 0 amide bonds. The van der Waals surface area contributed by atoms with Gasteiger partial charge in [-0.1, -0.05) is 30.3 Å². The van der Waals surface area contributed by atoms with E-state index in [0.29, 0.717) is 22.0 Å². The summed E-state index contributed by atoms with van der Waals surface area (Å²) < 4.78 is 42.8. The molecule has 0 saturated heterocycles. The first-order valence-corrected chi connectivity index (χ1v) is 11.2. The van der Waals surface area contributed by atoms with Gasteiger partial charge in [0.1, 0.15) is 11.5 Å². The average Bonchev–Trinajstić information content (AvgIpc) is 3.02. The minimum absolute atomic E-state index is 0.0741. The summed E-state index contributed by atoms with van der Waals surface area (Å²) in [7, 11) is -3.38. The van der Waals surface area contributed by atoms with Gasteiger partial charge in [0.15, 0.2) is 9.84 Å². The van der Waals surface area contributed by atoms with Crippen molar-refractivity contribution in [1.29, 1.82) is 0 Å². The Balaban J connectivity index is 2.25. The number of sulfone groups is 1. The van der Waals surface area contributed by atoms with E-state index in [-0.39, 0.29) is 23.9 Å². The summed E-state index contributed by atoms with van der Waals surface area (Å²) in [4.78, 5) is 15.7.